The first kappa shape index (κ1) is 11.1. The fraction of sp³-hybridized carbons (Fsp3) is 0.818. The molecule has 0 aromatic heterocycles. The van der Waals surface area contributed by atoms with E-state index in [0.717, 1.165) is 19.0 Å². The first-order chi connectivity index (χ1) is 5.80. The van der Waals surface area contributed by atoms with Crippen LogP contribution in [-0.2, 0) is 0 Å². The molecular weight excluding hydrogens is 182 g/mol. The van der Waals surface area contributed by atoms with Crippen LogP contribution in [0.15, 0.2) is 11.6 Å². The van der Waals surface area contributed by atoms with E-state index in [0.29, 0.717) is 15.9 Å². The van der Waals surface area contributed by atoms with E-state index < -0.39 is 0 Å². The van der Waals surface area contributed by atoms with E-state index in [1.54, 1.807) is 0 Å². The van der Waals surface area contributed by atoms with Crippen LogP contribution in [0, 0.1) is 16.7 Å². The number of rotatable bonds is 4. The Hall–Kier alpha value is -0.0100. The summed E-state index contributed by atoms with van der Waals surface area (Å²) in [6.07, 6.45) is 0. The quantitative estimate of drug-likeness (QED) is 0.738. The predicted octanol–water partition coefficient (Wildman–Crippen LogP) is 3.01. The average Bonchev–Trinajstić information content (AvgIpc) is 2.30. The normalized spacial score (nSPS) is 24.4. The molecule has 0 heterocycles. The molecule has 0 atom stereocenters. The van der Waals surface area contributed by atoms with Crippen LogP contribution in [0.5, 0.6) is 0 Å². The molecule has 1 N–H and O–H groups in total. The van der Waals surface area contributed by atoms with Crippen molar-refractivity contribution in [2.45, 2.75) is 27.7 Å². The van der Waals surface area contributed by atoms with E-state index >= 15 is 0 Å². The molecule has 0 aromatic carbocycles. The Balaban J connectivity index is 2.30. The highest BCUT2D eigenvalue weighted by Gasteiger charge is 2.63. The molecule has 2 heteroatoms. The fourth-order valence-electron chi connectivity index (χ4n) is 2.20. The summed E-state index contributed by atoms with van der Waals surface area (Å²) >= 11 is 5.67. The number of hydrogen-bond donors (Lipinski definition) is 1. The van der Waals surface area contributed by atoms with Gasteiger partial charge in [0.25, 0.3) is 0 Å². The molecular formula is C11H20ClN. The van der Waals surface area contributed by atoms with Gasteiger partial charge in [0.2, 0.25) is 0 Å². The van der Waals surface area contributed by atoms with E-state index in [-0.39, 0.29) is 0 Å². The molecule has 0 bridgehead atoms. The summed E-state index contributed by atoms with van der Waals surface area (Å²) in [5, 5.41) is 4.02. The Morgan fingerprint density at radius 1 is 1.31 bits per heavy atom. The number of nitrogens with one attached hydrogen (secondary N) is 1. The van der Waals surface area contributed by atoms with Gasteiger partial charge in [0.15, 0.2) is 0 Å². The molecule has 0 spiro atoms. The molecule has 0 radical (unpaired) electrons. The third-order valence-electron chi connectivity index (χ3n) is 3.98. The van der Waals surface area contributed by atoms with Gasteiger partial charge in [-0.25, -0.2) is 0 Å². The highest BCUT2D eigenvalue weighted by Crippen LogP contribution is 2.67. The summed E-state index contributed by atoms with van der Waals surface area (Å²) in [5.74, 6) is 0.760. The van der Waals surface area contributed by atoms with Gasteiger partial charge in [0.1, 0.15) is 0 Å². The van der Waals surface area contributed by atoms with E-state index in [4.69, 9.17) is 11.6 Å². The first-order valence-electron chi connectivity index (χ1n) is 4.84. The summed E-state index contributed by atoms with van der Waals surface area (Å²) in [7, 11) is 0. The molecule has 0 amide bonds. The van der Waals surface area contributed by atoms with Crippen molar-refractivity contribution in [1.82, 2.24) is 5.32 Å². The summed E-state index contributed by atoms with van der Waals surface area (Å²) in [6.45, 7) is 14.7. The summed E-state index contributed by atoms with van der Waals surface area (Å²) in [5.41, 5.74) is 0.932. The molecule has 1 fully saturated rings. The monoisotopic (exact) mass is 201 g/mol. The van der Waals surface area contributed by atoms with Crippen molar-refractivity contribution in [3.05, 3.63) is 11.6 Å². The Kier molecular flexibility index (Phi) is 2.80. The molecule has 0 aromatic rings. The van der Waals surface area contributed by atoms with Crippen LogP contribution in [0.1, 0.15) is 27.7 Å². The topological polar surface area (TPSA) is 12.0 Å². The third-order valence-corrected chi connectivity index (χ3v) is 4.12. The lowest BCUT2D eigenvalue weighted by Gasteiger charge is -2.04. The molecule has 13 heavy (non-hydrogen) atoms. The minimum atomic E-state index is 0.466. The van der Waals surface area contributed by atoms with Gasteiger partial charge >= 0.3 is 0 Å². The highest BCUT2D eigenvalue weighted by molar-refractivity contribution is 6.29. The summed E-state index contributed by atoms with van der Waals surface area (Å²) < 4.78 is 0. The molecule has 1 rings (SSSR count). The second-order valence-corrected chi connectivity index (χ2v) is 5.68. The average molecular weight is 202 g/mol. The Bertz CT molecular complexity index is 204. The van der Waals surface area contributed by atoms with E-state index in [9.17, 15) is 0 Å². The van der Waals surface area contributed by atoms with Crippen molar-refractivity contribution in [1.29, 1.82) is 0 Å². The van der Waals surface area contributed by atoms with Crippen LogP contribution >= 0.6 is 11.6 Å². The maximum Gasteiger partial charge on any atom is 0.0307 e. The maximum atomic E-state index is 5.67. The largest absolute Gasteiger partial charge is 0.311 e. The predicted molar refractivity (Wildman–Crippen MR) is 58.9 cm³/mol. The van der Waals surface area contributed by atoms with Crippen LogP contribution in [0.3, 0.4) is 0 Å². The molecule has 76 valence electrons. The molecule has 0 aliphatic heterocycles. The summed E-state index contributed by atoms with van der Waals surface area (Å²) in [6, 6.07) is 0. The SMILES string of the molecule is C=C(Cl)CNCC1C(C)(C)C1(C)C. The van der Waals surface area contributed by atoms with Crippen molar-refractivity contribution < 1.29 is 0 Å². The van der Waals surface area contributed by atoms with Gasteiger partial charge < -0.3 is 5.32 Å². The number of halogens is 1. The van der Waals surface area contributed by atoms with Gasteiger partial charge in [-0.2, -0.15) is 0 Å². The van der Waals surface area contributed by atoms with Crippen LogP contribution < -0.4 is 5.32 Å². The van der Waals surface area contributed by atoms with Gasteiger partial charge in [-0.1, -0.05) is 45.9 Å². The van der Waals surface area contributed by atoms with Crippen LogP contribution in [0.4, 0.5) is 0 Å². The van der Waals surface area contributed by atoms with E-state index in [1.807, 2.05) is 0 Å². The van der Waals surface area contributed by atoms with Gasteiger partial charge in [-0.3, -0.25) is 0 Å². The Labute approximate surface area is 86.5 Å². The second kappa shape index (κ2) is 3.29. The van der Waals surface area contributed by atoms with Crippen molar-refractivity contribution >= 4 is 11.6 Å². The van der Waals surface area contributed by atoms with Gasteiger partial charge in [-0.05, 0) is 23.3 Å². The van der Waals surface area contributed by atoms with Crippen molar-refractivity contribution in [2.75, 3.05) is 13.1 Å². The zero-order valence-electron chi connectivity index (χ0n) is 9.08. The molecule has 1 aliphatic carbocycles. The minimum Gasteiger partial charge on any atom is -0.311 e. The second-order valence-electron chi connectivity index (χ2n) is 5.14. The zero-order valence-corrected chi connectivity index (χ0v) is 9.83. The molecule has 1 nitrogen and oxygen atoms in total. The molecule has 1 saturated carbocycles. The maximum absolute atomic E-state index is 5.67. The lowest BCUT2D eigenvalue weighted by molar-refractivity contribution is 0.457. The molecule has 0 unspecified atom stereocenters. The zero-order chi connectivity index (χ0) is 10.3. The Morgan fingerprint density at radius 3 is 2.08 bits per heavy atom. The van der Waals surface area contributed by atoms with Gasteiger partial charge in [-0.15, -0.1) is 0 Å². The lowest BCUT2D eigenvalue weighted by atomic mass is 10.0. The van der Waals surface area contributed by atoms with Gasteiger partial charge in [0, 0.05) is 11.6 Å². The Morgan fingerprint density at radius 2 is 1.77 bits per heavy atom. The van der Waals surface area contributed by atoms with Crippen molar-refractivity contribution in [3.8, 4) is 0 Å². The van der Waals surface area contributed by atoms with Gasteiger partial charge in [0.05, 0.1) is 0 Å². The summed E-state index contributed by atoms with van der Waals surface area (Å²) in [4.78, 5) is 0. The molecule has 1 aliphatic rings. The first-order valence-corrected chi connectivity index (χ1v) is 5.22. The third kappa shape index (κ3) is 1.92. The van der Waals surface area contributed by atoms with Crippen LogP contribution in [0.2, 0.25) is 0 Å². The van der Waals surface area contributed by atoms with Crippen LogP contribution in [-0.4, -0.2) is 13.1 Å². The van der Waals surface area contributed by atoms with Crippen molar-refractivity contribution in [3.63, 3.8) is 0 Å². The van der Waals surface area contributed by atoms with E-state index in [2.05, 4.69) is 39.6 Å². The van der Waals surface area contributed by atoms with Crippen molar-refractivity contribution in [2.24, 2.45) is 16.7 Å². The highest BCUT2D eigenvalue weighted by atomic mass is 35.5. The number of hydrogen-bond acceptors (Lipinski definition) is 1. The van der Waals surface area contributed by atoms with E-state index in [1.165, 1.54) is 0 Å². The molecule has 0 saturated heterocycles. The fourth-order valence-corrected chi connectivity index (χ4v) is 2.29. The standard InChI is InChI=1S/C11H20ClN/c1-8(12)6-13-7-9-10(2,3)11(9,4)5/h9,13H,1,6-7H2,2-5H3. The van der Waals surface area contributed by atoms with Crippen LogP contribution in [0.25, 0.3) is 0 Å². The lowest BCUT2D eigenvalue weighted by Crippen LogP contribution is -2.20. The smallest absolute Gasteiger partial charge is 0.0307 e. The minimum absolute atomic E-state index is 0.466.